The van der Waals surface area contributed by atoms with Gasteiger partial charge in [-0.05, 0) is 24.3 Å². The molecule has 126 valence electrons. The van der Waals surface area contributed by atoms with Crippen molar-refractivity contribution < 1.29 is 28.9 Å². The fourth-order valence-electron chi connectivity index (χ4n) is 2.23. The number of rotatable bonds is 7. The van der Waals surface area contributed by atoms with Gasteiger partial charge in [-0.15, -0.1) is 0 Å². The van der Waals surface area contributed by atoms with Crippen LogP contribution in [0.1, 0.15) is 23.2 Å². The zero-order chi connectivity index (χ0) is 16.7. The fourth-order valence-corrected chi connectivity index (χ4v) is 2.23. The van der Waals surface area contributed by atoms with Crippen LogP contribution in [0.4, 0.5) is 0 Å². The molecule has 1 unspecified atom stereocenters. The Hall–Kier alpha value is -2.12. The number of amides is 1. The van der Waals surface area contributed by atoms with Crippen LogP contribution in [0, 0.1) is 0 Å². The van der Waals surface area contributed by atoms with Gasteiger partial charge in [0.25, 0.3) is 5.91 Å². The van der Waals surface area contributed by atoms with Gasteiger partial charge in [0.15, 0.2) is 6.10 Å². The molecule has 1 amide bonds. The van der Waals surface area contributed by atoms with Gasteiger partial charge in [0.2, 0.25) is 0 Å². The third-order valence-corrected chi connectivity index (χ3v) is 3.60. The van der Waals surface area contributed by atoms with E-state index >= 15 is 0 Å². The molecule has 7 heteroatoms. The molecular formula is C16H21NO6. The lowest BCUT2D eigenvalue weighted by Gasteiger charge is -2.23. The van der Waals surface area contributed by atoms with Crippen molar-refractivity contribution in [3.05, 3.63) is 29.8 Å². The summed E-state index contributed by atoms with van der Waals surface area (Å²) in [6.07, 6.45) is 0.794. The number of nitrogens with one attached hydrogen (secondary N) is 1. The molecule has 0 aliphatic carbocycles. The maximum Gasteiger partial charge on any atom is 0.334 e. The Morgan fingerprint density at radius 2 is 1.96 bits per heavy atom. The Kier molecular flexibility index (Phi) is 6.37. The van der Waals surface area contributed by atoms with Crippen molar-refractivity contribution in [3.63, 3.8) is 0 Å². The van der Waals surface area contributed by atoms with Crippen LogP contribution in [-0.2, 0) is 14.3 Å². The van der Waals surface area contributed by atoms with Crippen molar-refractivity contribution in [2.45, 2.75) is 25.0 Å². The van der Waals surface area contributed by atoms with Crippen LogP contribution < -0.4 is 10.1 Å². The average Bonchev–Trinajstić information content (AvgIpc) is 2.56. The lowest BCUT2D eigenvalue weighted by molar-refractivity contribution is -0.148. The van der Waals surface area contributed by atoms with Crippen LogP contribution in [0.5, 0.6) is 5.75 Å². The maximum atomic E-state index is 12.0. The predicted octanol–water partition coefficient (Wildman–Crippen LogP) is 1.07. The van der Waals surface area contributed by atoms with E-state index in [2.05, 4.69) is 5.32 Å². The first kappa shape index (κ1) is 17.2. The second kappa shape index (κ2) is 8.50. The minimum absolute atomic E-state index is 0.0923. The summed E-state index contributed by atoms with van der Waals surface area (Å²) in [6.45, 7) is 1.32. The average molecular weight is 323 g/mol. The predicted molar refractivity (Wildman–Crippen MR) is 81.7 cm³/mol. The third-order valence-electron chi connectivity index (χ3n) is 3.60. The number of ether oxygens (including phenoxy) is 3. The second-order valence-corrected chi connectivity index (χ2v) is 5.23. The molecule has 1 saturated heterocycles. The third kappa shape index (κ3) is 5.22. The van der Waals surface area contributed by atoms with Crippen molar-refractivity contribution in [2.75, 3.05) is 26.9 Å². The van der Waals surface area contributed by atoms with Gasteiger partial charge in [0.05, 0.1) is 19.8 Å². The molecule has 0 aromatic heterocycles. The van der Waals surface area contributed by atoms with E-state index in [1.54, 1.807) is 24.3 Å². The first-order valence-electron chi connectivity index (χ1n) is 7.48. The molecule has 1 fully saturated rings. The summed E-state index contributed by atoms with van der Waals surface area (Å²) in [6, 6.07) is 6.75. The summed E-state index contributed by atoms with van der Waals surface area (Å²) in [4.78, 5) is 22.8. The summed E-state index contributed by atoms with van der Waals surface area (Å²) in [5.41, 5.74) is 0.435. The molecule has 2 rings (SSSR count). The Balaban J connectivity index is 1.85. The van der Waals surface area contributed by atoms with Crippen molar-refractivity contribution in [3.8, 4) is 5.75 Å². The van der Waals surface area contributed by atoms with E-state index in [0.717, 1.165) is 12.8 Å². The molecule has 0 saturated carbocycles. The van der Waals surface area contributed by atoms with Crippen LogP contribution in [0.2, 0.25) is 0 Å². The minimum Gasteiger partial charge on any atom is -0.490 e. The van der Waals surface area contributed by atoms with E-state index in [1.165, 1.54) is 7.11 Å². The first-order valence-corrected chi connectivity index (χ1v) is 7.48. The molecule has 1 aliphatic rings. The van der Waals surface area contributed by atoms with Crippen molar-refractivity contribution in [1.29, 1.82) is 0 Å². The highest BCUT2D eigenvalue weighted by Crippen LogP contribution is 2.18. The highest BCUT2D eigenvalue weighted by molar-refractivity contribution is 5.94. The van der Waals surface area contributed by atoms with E-state index in [-0.39, 0.29) is 18.6 Å². The molecule has 0 spiro atoms. The van der Waals surface area contributed by atoms with Gasteiger partial charge >= 0.3 is 5.97 Å². The quantitative estimate of drug-likeness (QED) is 0.779. The first-order chi connectivity index (χ1) is 11.1. The zero-order valence-corrected chi connectivity index (χ0v) is 13.0. The summed E-state index contributed by atoms with van der Waals surface area (Å²) in [7, 11) is 1.29. The second-order valence-electron chi connectivity index (χ2n) is 5.23. The molecule has 2 N–H and O–H groups in total. The Bertz CT molecular complexity index is 524. The van der Waals surface area contributed by atoms with E-state index in [0.29, 0.717) is 24.5 Å². The Morgan fingerprint density at radius 3 is 2.52 bits per heavy atom. The summed E-state index contributed by atoms with van der Waals surface area (Å²) in [5.74, 6) is -0.771. The molecule has 7 nitrogen and oxygen atoms in total. The Morgan fingerprint density at radius 1 is 1.30 bits per heavy atom. The molecule has 1 heterocycles. The highest BCUT2D eigenvalue weighted by atomic mass is 16.5. The topological polar surface area (TPSA) is 94.1 Å². The van der Waals surface area contributed by atoms with Crippen LogP contribution in [0.15, 0.2) is 24.3 Å². The summed E-state index contributed by atoms with van der Waals surface area (Å²) >= 11 is 0. The minimum atomic E-state index is -1.12. The molecule has 1 atom stereocenters. The molecule has 23 heavy (non-hydrogen) atoms. The number of hydrogen-bond acceptors (Lipinski definition) is 5. The van der Waals surface area contributed by atoms with Crippen molar-refractivity contribution in [2.24, 2.45) is 0 Å². The number of benzene rings is 1. The maximum absolute atomic E-state index is 12.0. The smallest absolute Gasteiger partial charge is 0.334 e. The molecule has 0 bridgehead atoms. The van der Waals surface area contributed by atoms with E-state index < -0.39 is 12.1 Å². The number of aliphatic carboxylic acids is 1. The van der Waals surface area contributed by atoms with Gasteiger partial charge < -0.3 is 24.6 Å². The van der Waals surface area contributed by atoms with E-state index in [4.69, 9.17) is 19.3 Å². The van der Waals surface area contributed by atoms with Crippen LogP contribution >= 0.6 is 0 Å². The number of methoxy groups -OCH3 is 1. The highest BCUT2D eigenvalue weighted by Gasteiger charge is 2.18. The molecular weight excluding hydrogens is 302 g/mol. The van der Waals surface area contributed by atoms with Crippen LogP contribution in [-0.4, -0.2) is 56.1 Å². The van der Waals surface area contributed by atoms with Crippen molar-refractivity contribution in [1.82, 2.24) is 5.32 Å². The lowest BCUT2D eigenvalue weighted by Crippen LogP contribution is -2.37. The van der Waals surface area contributed by atoms with Gasteiger partial charge in [-0.25, -0.2) is 4.79 Å². The number of carboxylic acid groups (broad SMARTS) is 1. The summed E-state index contributed by atoms with van der Waals surface area (Å²) in [5, 5.41) is 11.4. The van der Waals surface area contributed by atoms with Crippen LogP contribution in [0.25, 0.3) is 0 Å². The number of carbonyl (C=O) groups is 2. The molecule has 1 aliphatic heterocycles. The van der Waals surface area contributed by atoms with Crippen molar-refractivity contribution >= 4 is 11.9 Å². The normalized spacial score (nSPS) is 16.6. The van der Waals surface area contributed by atoms with Gasteiger partial charge in [0.1, 0.15) is 11.9 Å². The number of carboxylic acids is 1. The lowest BCUT2D eigenvalue weighted by atomic mass is 10.1. The van der Waals surface area contributed by atoms with E-state index in [9.17, 15) is 9.59 Å². The number of hydrogen-bond donors (Lipinski definition) is 2. The monoisotopic (exact) mass is 323 g/mol. The molecule has 0 radical (unpaired) electrons. The zero-order valence-electron chi connectivity index (χ0n) is 13.0. The van der Waals surface area contributed by atoms with Crippen LogP contribution in [0.3, 0.4) is 0 Å². The van der Waals surface area contributed by atoms with Gasteiger partial charge in [-0.3, -0.25) is 4.79 Å². The van der Waals surface area contributed by atoms with Gasteiger partial charge in [-0.2, -0.15) is 0 Å². The fraction of sp³-hybridized carbons (Fsp3) is 0.500. The van der Waals surface area contributed by atoms with Gasteiger partial charge in [-0.1, -0.05) is 0 Å². The Labute approximate surface area is 134 Å². The number of carbonyl (C=O) groups excluding carboxylic acids is 1. The summed E-state index contributed by atoms with van der Waals surface area (Å²) < 4.78 is 15.9. The van der Waals surface area contributed by atoms with Gasteiger partial charge in [0, 0.05) is 25.5 Å². The van der Waals surface area contributed by atoms with E-state index in [1.807, 2.05) is 0 Å². The molecule has 1 aromatic rings. The standard InChI is InChI=1S/C16H21NO6/c1-21-14(16(19)20)10-17-15(18)11-2-4-12(5-3-11)23-13-6-8-22-9-7-13/h2-5,13-14H,6-10H2,1H3,(H,17,18)(H,19,20). The largest absolute Gasteiger partial charge is 0.490 e. The molecule has 1 aromatic carbocycles. The SMILES string of the molecule is COC(CNC(=O)c1ccc(OC2CCOCC2)cc1)C(=O)O.